The van der Waals surface area contributed by atoms with Crippen LogP contribution in [0, 0.1) is 0 Å². The number of aryl methyl sites for hydroxylation is 1. The molecule has 1 fully saturated rings. The minimum atomic E-state index is -0.720. The lowest BCUT2D eigenvalue weighted by Gasteiger charge is -2.13. The van der Waals surface area contributed by atoms with Gasteiger partial charge in [0.25, 0.3) is 0 Å². The average Bonchev–Trinajstić information content (AvgIpc) is 3.09. The van der Waals surface area contributed by atoms with Gasteiger partial charge in [0.05, 0.1) is 12.5 Å². The molecule has 0 radical (unpaired) electrons. The van der Waals surface area contributed by atoms with E-state index in [0.29, 0.717) is 0 Å². The van der Waals surface area contributed by atoms with Crippen LogP contribution < -0.4 is 4.74 Å². The Morgan fingerprint density at radius 3 is 2.56 bits per heavy atom. The quantitative estimate of drug-likeness (QED) is 0.847. The highest BCUT2D eigenvalue weighted by Gasteiger charge is 2.51. The maximum atomic E-state index is 11.2. The van der Waals surface area contributed by atoms with Gasteiger partial charge in [0.15, 0.2) is 0 Å². The van der Waals surface area contributed by atoms with Gasteiger partial charge < -0.3 is 9.84 Å². The van der Waals surface area contributed by atoms with Crippen molar-refractivity contribution in [2.45, 2.75) is 31.6 Å². The second-order valence-electron chi connectivity index (χ2n) is 4.31. The third-order valence-corrected chi connectivity index (χ3v) is 3.32. The number of benzene rings is 1. The molecule has 0 saturated heterocycles. The van der Waals surface area contributed by atoms with E-state index in [9.17, 15) is 9.90 Å². The molecule has 2 rings (SSSR count). The number of carboxylic acid groups (broad SMARTS) is 1. The number of hydrogen-bond donors (Lipinski definition) is 1. The van der Waals surface area contributed by atoms with Crippen molar-refractivity contribution in [3.63, 3.8) is 0 Å². The summed E-state index contributed by atoms with van der Waals surface area (Å²) in [7, 11) is 1.61. The predicted octanol–water partition coefficient (Wildman–Crippen LogP) is 2.37. The zero-order valence-corrected chi connectivity index (χ0v) is 9.62. The monoisotopic (exact) mass is 220 g/mol. The molecule has 0 bridgehead atoms. The number of carboxylic acids is 1. The van der Waals surface area contributed by atoms with Gasteiger partial charge in [-0.2, -0.15) is 0 Å². The first-order valence-corrected chi connectivity index (χ1v) is 5.54. The molecular weight excluding hydrogens is 204 g/mol. The van der Waals surface area contributed by atoms with Crippen LogP contribution in [0.15, 0.2) is 18.2 Å². The molecule has 1 aliphatic carbocycles. The van der Waals surface area contributed by atoms with E-state index in [-0.39, 0.29) is 0 Å². The number of hydrogen-bond acceptors (Lipinski definition) is 2. The zero-order valence-electron chi connectivity index (χ0n) is 9.62. The molecule has 1 N–H and O–H groups in total. The standard InChI is InChI=1S/C13H16O3/c1-3-9-6-10(8-11(7-9)16-2)13(4-5-13)12(14)15/h6-8H,3-5H2,1-2H3,(H,14,15). The second-order valence-corrected chi connectivity index (χ2v) is 4.31. The average molecular weight is 220 g/mol. The molecule has 1 saturated carbocycles. The summed E-state index contributed by atoms with van der Waals surface area (Å²) in [6.07, 6.45) is 2.36. The minimum Gasteiger partial charge on any atom is -0.497 e. The molecule has 0 heterocycles. The number of aliphatic carboxylic acids is 1. The third-order valence-electron chi connectivity index (χ3n) is 3.32. The highest BCUT2D eigenvalue weighted by molar-refractivity contribution is 5.85. The minimum absolute atomic E-state index is 0.640. The van der Waals surface area contributed by atoms with Crippen LogP contribution >= 0.6 is 0 Å². The van der Waals surface area contributed by atoms with Gasteiger partial charge in [-0.3, -0.25) is 4.79 Å². The van der Waals surface area contributed by atoms with E-state index in [0.717, 1.165) is 36.1 Å². The molecule has 0 aliphatic heterocycles. The smallest absolute Gasteiger partial charge is 0.314 e. The molecule has 1 aromatic rings. The molecule has 0 atom stereocenters. The Hall–Kier alpha value is -1.51. The Morgan fingerprint density at radius 2 is 2.12 bits per heavy atom. The topological polar surface area (TPSA) is 46.5 Å². The molecule has 86 valence electrons. The van der Waals surface area contributed by atoms with Gasteiger partial charge in [0, 0.05) is 0 Å². The summed E-state index contributed by atoms with van der Waals surface area (Å²) in [6.45, 7) is 2.05. The van der Waals surface area contributed by atoms with E-state index in [1.807, 2.05) is 18.2 Å². The van der Waals surface area contributed by atoms with Crippen molar-refractivity contribution < 1.29 is 14.6 Å². The van der Waals surface area contributed by atoms with Crippen LogP contribution in [-0.2, 0) is 16.6 Å². The molecular formula is C13H16O3. The number of carbonyl (C=O) groups is 1. The van der Waals surface area contributed by atoms with Crippen LogP contribution in [0.4, 0.5) is 0 Å². The number of rotatable bonds is 4. The highest BCUT2D eigenvalue weighted by atomic mass is 16.5. The second kappa shape index (κ2) is 3.81. The summed E-state index contributed by atoms with van der Waals surface area (Å²) in [5, 5.41) is 9.24. The fourth-order valence-corrected chi connectivity index (χ4v) is 2.01. The zero-order chi connectivity index (χ0) is 11.8. The molecule has 3 heteroatoms. The van der Waals surface area contributed by atoms with Gasteiger partial charge in [-0.1, -0.05) is 13.0 Å². The SMILES string of the molecule is CCc1cc(OC)cc(C2(C(=O)O)CC2)c1. The number of methoxy groups -OCH3 is 1. The van der Waals surface area contributed by atoms with Gasteiger partial charge in [-0.05, 0) is 42.5 Å². The van der Waals surface area contributed by atoms with E-state index >= 15 is 0 Å². The fraction of sp³-hybridized carbons (Fsp3) is 0.462. The van der Waals surface area contributed by atoms with Crippen LogP contribution in [0.2, 0.25) is 0 Å². The molecule has 1 aliphatic rings. The Bertz CT molecular complexity index is 397. The van der Waals surface area contributed by atoms with Gasteiger partial charge in [0.1, 0.15) is 5.75 Å². The summed E-state index contributed by atoms with van der Waals surface area (Å²) in [6, 6.07) is 5.80. The predicted molar refractivity (Wildman–Crippen MR) is 60.9 cm³/mol. The van der Waals surface area contributed by atoms with Gasteiger partial charge in [0.2, 0.25) is 0 Å². The molecule has 0 spiro atoms. The summed E-state index contributed by atoms with van der Waals surface area (Å²) in [5.41, 5.74) is 1.37. The van der Waals surface area contributed by atoms with E-state index in [1.165, 1.54) is 0 Å². The van der Waals surface area contributed by atoms with Crippen molar-refractivity contribution >= 4 is 5.97 Å². The lowest BCUT2D eigenvalue weighted by atomic mass is 9.93. The van der Waals surface area contributed by atoms with Gasteiger partial charge in [-0.25, -0.2) is 0 Å². The van der Waals surface area contributed by atoms with Crippen LogP contribution in [-0.4, -0.2) is 18.2 Å². The normalized spacial score (nSPS) is 16.9. The van der Waals surface area contributed by atoms with Crippen molar-refractivity contribution in [1.82, 2.24) is 0 Å². The molecule has 16 heavy (non-hydrogen) atoms. The lowest BCUT2D eigenvalue weighted by Crippen LogP contribution is -2.19. The van der Waals surface area contributed by atoms with Crippen LogP contribution in [0.3, 0.4) is 0 Å². The first kappa shape index (κ1) is 11.0. The Labute approximate surface area is 95.0 Å². The lowest BCUT2D eigenvalue weighted by molar-refractivity contribution is -0.140. The van der Waals surface area contributed by atoms with Crippen LogP contribution in [0.1, 0.15) is 30.9 Å². The van der Waals surface area contributed by atoms with Gasteiger partial charge >= 0.3 is 5.97 Å². The van der Waals surface area contributed by atoms with Crippen molar-refractivity contribution in [1.29, 1.82) is 0 Å². The maximum Gasteiger partial charge on any atom is 0.314 e. The van der Waals surface area contributed by atoms with Crippen molar-refractivity contribution in [2.24, 2.45) is 0 Å². The highest BCUT2D eigenvalue weighted by Crippen LogP contribution is 2.49. The van der Waals surface area contributed by atoms with E-state index in [2.05, 4.69) is 6.92 Å². The van der Waals surface area contributed by atoms with Crippen molar-refractivity contribution in [3.8, 4) is 5.75 Å². The molecule has 3 nitrogen and oxygen atoms in total. The van der Waals surface area contributed by atoms with E-state index < -0.39 is 11.4 Å². The van der Waals surface area contributed by atoms with E-state index in [4.69, 9.17) is 4.74 Å². The fourth-order valence-electron chi connectivity index (χ4n) is 2.01. The summed E-state index contributed by atoms with van der Waals surface area (Å²) >= 11 is 0. The third kappa shape index (κ3) is 1.66. The summed E-state index contributed by atoms with van der Waals surface area (Å²) in [4.78, 5) is 11.2. The first-order chi connectivity index (χ1) is 7.62. The first-order valence-electron chi connectivity index (χ1n) is 5.54. The summed E-state index contributed by atoms with van der Waals surface area (Å²) < 4.78 is 5.21. The van der Waals surface area contributed by atoms with Crippen LogP contribution in [0.5, 0.6) is 5.75 Å². The Balaban J connectivity index is 2.44. The van der Waals surface area contributed by atoms with Crippen LogP contribution in [0.25, 0.3) is 0 Å². The maximum absolute atomic E-state index is 11.2. The Kier molecular flexibility index (Phi) is 2.62. The van der Waals surface area contributed by atoms with Crippen molar-refractivity contribution in [2.75, 3.05) is 7.11 Å². The molecule has 0 amide bonds. The molecule has 1 aromatic carbocycles. The van der Waals surface area contributed by atoms with Crippen molar-refractivity contribution in [3.05, 3.63) is 29.3 Å². The number of ether oxygens (including phenoxy) is 1. The molecule has 0 unspecified atom stereocenters. The van der Waals surface area contributed by atoms with E-state index in [1.54, 1.807) is 7.11 Å². The summed E-state index contributed by atoms with van der Waals surface area (Å²) in [5.74, 6) is 0.0321. The van der Waals surface area contributed by atoms with Gasteiger partial charge in [-0.15, -0.1) is 0 Å². The Morgan fingerprint density at radius 1 is 1.44 bits per heavy atom. The molecule has 0 aromatic heterocycles. The largest absolute Gasteiger partial charge is 0.497 e.